The van der Waals surface area contributed by atoms with Crippen molar-refractivity contribution in [2.75, 3.05) is 13.2 Å². The maximum atomic E-state index is 13.1. The summed E-state index contributed by atoms with van der Waals surface area (Å²) < 4.78 is 1.88. The molecule has 1 amide bonds. The van der Waals surface area contributed by atoms with Gasteiger partial charge in [-0.2, -0.15) is 5.10 Å². The summed E-state index contributed by atoms with van der Waals surface area (Å²) in [6.45, 7) is 5.09. The number of rotatable bonds is 5. The quantitative estimate of drug-likeness (QED) is 0.907. The minimum absolute atomic E-state index is 0.0188. The maximum Gasteiger partial charge on any atom is 0.274 e. The number of amides is 1. The number of benzene rings is 1. The second-order valence-corrected chi connectivity index (χ2v) is 7.02. The number of aromatic nitrogens is 2. The molecule has 1 aliphatic heterocycles. The Bertz CT molecular complexity index is 707. The highest BCUT2D eigenvalue weighted by molar-refractivity contribution is 5.92. The van der Waals surface area contributed by atoms with Crippen molar-refractivity contribution >= 4 is 5.91 Å². The molecule has 1 aromatic carbocycles. The summed E-state index contributed by atoms with van der Waals surface area (Å²) in [7, 11) is 0. The first kappa shape index (κ1) is 17.7. The minimum Gasteiger partial charge on any atom is -0.396 e. The first-order chi connectivity index (χ1) is 12.1. The molecule has 0 aliphatic carbocycles. The van der Waals surface area contributed by atoms with Crippen molar-refractivity contribution in [3.63, 3.8) is 0 Å². The molecule has 0 bridgehead atoms. The minimum atomic E-state index is -0.0188. The average Bonchev–Trinajstić information content (AvgIpc) is 3.08. The Balaban J connectivity index is 1.93. The fourth-order valence-electron chi connectivity index (χ4n) is 3.55. The molecule has 1 saturated heterocycles. The molecule has 0 radical (unpaired) electrons. The topological polar surface area (TPSA) is 58.4 Å². The highest BCUT2D eigenvalue weighted by Crippen LogP contribution is 2.25. The van der Waals surface area contributed by atoms with E-state index in [2.05, 4.69) is 18.9 Å². The van der Waals surface area contributed by atoms with E-state index in [4.69, 9.17) is 0 Å². The standard InChI is InChI=1S/C20H27N3O2/c1-15(2)19-14-18(21-23(19)17-9-4-3-5-10-17)20(25)22-12-7-6-8-16(22)11-13-24/h3-5,9-10,14-16,24H,6-8,11-13H2,1-2H3. The summed E-state index contributed by atoms with van der Waals surface area (Å²) in [5, 5.41) is 13.9. The smallest absolute Gasteiger partial charge is 0.274 e. The zero-order valence-corrected chi connectivity index (χ0v) is 15.1. The van der Waals surface area contributed by atoms with Crippen LogP contribution in [0.2, 0.25) is 0 Å². The van der Waals surface area contributed by atoms with Gasteiger partial charge in [-0.1, -0.05) is 32.0 Å². The number of hydrogen-bond donors (Lipinski definition) is 1. The van der Waals surface area contributed by atoms with Crippen molar-refractivity contribution in [3.8, 4) is 5.69 Å². The second-order valence-electron chi connectivity index (χ2n) is 7.02. The number of para-hydroxylation sites is 1. The molecule has 0 spiro atoms. The lowest BCUT2D eigenvalue weighted by molar-refractivity contribution is 0.0568. The van der Waals surface area contributed by atoms with E-state index in [1.54, 1.807) is 0 Å². The largest absolute Gasteiger partial charge is 0.396 e. The third-order valence-corrected chi connectivity index (χ3v) is 4.90. The van der Waals surface area contributed by atoms with Gasteiger partial charge in [0.15, 0.2) is 5.69 Å². The van der Waals surface area contributed by atoms with E-state index in [1.165, 1.54) is 0 Å². The number of likely N-dealkylation sites (tertiary alicyclic amines) is 1. The van der Waals surface area contributed by atoms with Crippen LogP contribution in [-0.2, 0) is 0 Å². The van der Waals surface area contributed by atoms with Crippen LogP contribution in [0.15, 0.2) is 36.4 Å². The lowest BCUT2D eigenvalue weighted by atomic mass is 9.99. The van der Waals surface area contributed by atoms with E-state index >= 15 is 0 Å². The van der Waals surface area contributed by atoms with Crippen LogP contribution < -0.4 is 0 Å². The lowest BCUT2D eigenvalue weighted by Crippen LogP contribution is -2.44. The van der Waals surface area contributed by atoms with Crippen molar-refractivity contribution in [1.29, 1.82) is 0 Å². The van der Waals surface area contributed by atoms with Crippen LogP contribution in [0.25, 0.3) is 5.69 Å². The van der Waals surface area contributed by atoms with Gasteiger partial charge in [0, 0.05) is 24.9 Å². The van der Waals surface area contributed by atoms with Crippen molar-refractivity contribution in [2.45, 2.75) is 51.5 Å². The van der Waals surface area contributed by atoms with Gasteiger partial charge in [-0.25, -0.2) is 4.68 Å². The monoisotopic (exact) mass is 341 g/mol. The van der Waals surface area contributed by atoms with E-state index in [9.17, 15) is 9.90 Å². The molecule has 2 heterocycles. The molecular weight excluding hydrogens is 314 g/mol. The predicted octanol–water partition coefficient (Wildman–Crippen LogP) is 3.37. The number of aliphatic hydroxyl groups excluding tert-OH is 1. The predicted molar refractivity (Wildman–Crippen MR) is 98.0 cm³/mol. The van der Waals surface area contributed by atoms with Crippen LogP contribution in [0, 0.1) is 0 Å². The van der Waals surface area contributed by atoms with Crippen molar-refractivity contribution in [3.05, 3.63) is 47.8 Å². The van der Waals surface area contributed by atoms with Crippen LogP contribution in [0.1, 0.15) is 61.6 Å². The van der Waals surface area contributed by atoms with Gasteiger partial charge >= 0.3 is 0 Å². The van der Waals surface area contributed by atoms with E-state index in [0.717, 1.165) is 37.2 Å². The Morgan fingerprint density at radius 3 is 2.72 bits per heavy atom. The first-order valence-electron chi connectivity index (χ1n) is 9.19. The molecule has 5 heteroatoms. The van der Waals surface area contributed by atoms with Crippen molar-refractivity contribution < 1.29 is 9.90 Å². The zero-order valence-electron chi connectivity index (χ0n) is 15.1. The van der Waals surface area contributed by atoms with Gasteiger partial charge in [0.25, 0.3) is 5.91 Å². The fraction of sp³-hybridized carbons (Fsp3) is 0.500. The molecule has 2 aromatic rings. The molecule has 25 heavy (non-hydrogen) atoms. The normalized spacial score (nSPS) is 17.9. The number of carbonyl (C=O) groups excluding carboxylic acids is 1. The van der Waals surface area contributed by atoms with E-state index in [0.29, 0.717) is 12.1 Å². The third kappa shape index (κ3) is 3.76. The van der Waals surface area contributed by atoms with Crippen molar-refractivity contribution in [1.82, 2.24) is 14.7 Å². The summed E-state index contributed by atoms with van der Waals surface area (Å²) in [5.74, 6) is 0.249. The maximum absolute atomic E-state index is 13.1. The number of aliphatic hydroxyl groups is 1. The summed E-state index contributed by atoms with van der Waals surface area (Å²) >= 11 is 0. The molecule has 1 unspecified atom stereocenters. The number of piperidine rings is 1. The van der Waals surface area contributed by atoms with Gasteiger partial charge < -0.3 is 10.0 Å². The van der Waals surface area contributed by atoms with E-state index in [1.807, 2.05) is 46.0 Å². The molecule has 1 aromatic heterocycles. The van der Waals surface area contributed by atoms with Gasteiger partial charge in [0.1, 0.15) is 0 Å². The fourth-order valence-corrected chi connectivity index (χ4v) is 3.55. The number of nitrogens with zero attached hydrogens (tertiary/aromatic N) is 3. The Labute approximate surface area is 149 Å². The van der Waals surface area contributed by atoms with Gasteiger partial charge in [-0.15, -0.1) is 0 Å². The summed E-state index contributed by atoms with van der Waals surface area (Å²) in [6.07, 6.45) is 3.74. The zero-order chi connectivity index (χ0) is 17.8. The molecule has 3 rings (SSSR count). The van der Waals surface area contributed by atoms with Gasteiger partial charge in [0.2, 0.25) is 0 Å². The highest BCUT2D eigenvalue weighted by Gasteiger charge is 2.29. The molecule has 5 nitrogen and oxygen atoms in total. The van der Waals surface area contributed by atoms with Crippen LogP contribution in [0.3, 0.4) is 0 Å². The van der Waals surface area contributed by atoms with Crippen molar-refractivity contribution in [2.24, 2.45) is 0 Å². The molecule has 1 fully saturated rings. The molecule has 1 aliphatic rings. The number of carbonyl (C=O) groups is 1. The van der Waals surface area contributed by atoms with Crippen LogP contribution in [0.5, 0.6) is 0 Å². The Morgan fingerprint density at radius 2 is 2.04 bits per heavy atom. The van der Waals surface area contributed by atoms with Gasteiger partial charge in [-0.05, 0) is 49.8 Å². The lowest BCUT2D eigenvalue weighted by Gasteiger charge is -2.35. The third-order valence-electron chi connectivity index (χ3n) is 4.90. The summed E-state index contributed by atoms with van der Waals surface area (Å²) in [4.78, 5) is 15.0. The summed E-state index contributed by atoms with van der Waals surface area (Å²) in [5.41, 5.74) is 2.50. The second kappa shape index (κ2) is 7.83. The SMILES string of the molecule is CC(C)c1cc(C(=O)N2CCCCC2CCO)nn1-c1ccccc1. The molecule has 1 N–H and O–H groups in total. The Morgan fingerprint density at radius 1 is 1.28 bits per heavy atom. The Kier molecular flexibility index (Phi) is 5.53. The van der Waals surface area contributed by atoms with Crippen LogP contribution >= 0.6 is 0 Å². The first-order valence-corrected chi connectivity index (χ1v) is 9.19. The molecule has 1 atom stereocenters. The molecular formula is C20H27N3O2. The average molecular weight is 341 g/mol. The van der Waals surface area contributed by atoms with E-state index in [-0.39, 0.29) is 24.5 Å². The Hall–Kier alpha value is -2.14. The van der Waals surface area contributed by atoms with Crippen LogP contribution in [-0.4, -0.2) is 44.9 Å². The molecule has 0 saturated carbocycles. The van der Waals surface area contributed by atoms with Gasteiger partial charge in [0.05, 0.1) is 5.69 Å². The van der Waals surface area contributed by atoms with E-state index < -0.39 is 0 Å². The molecule has 134 valence electrons. The number of hydrogen-bond acceptors (Lipinski definition) is 3. The van der Waals surface area contributed by atoms with Crippen LogP contribution in [0.4, 0.5) is 0 Å². The summed E-state index contributed by atoms with van der Waals surface area (Å²) in [6, 6.07) is 12.0. The highest BCUT2D eigenvalue weighted by atomic mass is 16.3. The van der Waals surface area contributed by atoms with Gasteiger partial charge in [-0.3, -0.25) is 4.79 Å².